The Hall–Kier alpha value is -1.73. The van der Waals surface area contributed by atoms with E-state index in [-0.39, 0.29) is 35.9 Å². The van der Waals surface area contributed by atoms with E-state index in [1.807, 2.05) is 0 Å². The second-order valence-electron chi connectivity index (χ2n) is 5.88. The van der Waals surface area contributed by atoms with Crippen molar-refractivity contribution in [2.45, 2.75) is 25.0 Å². The molecule has 1 saturated carbocycles. The van der Waals surface area contributed by atoms with Crippen molar-refractivity contribution < 1.29 is 18.0 Å². The van der Waals surface area contributed by atoms with Crippen molar-refractivity contribution in [2.24, 2.45) is 5.92 Å². The summed E-state index contributed by atoms with van der Waals surface area (Å²) in [4.78, 5) is 23.3. The Bertz CT molecular complexity index is 702. The van der Waals surface area contributed by atoms with Crippen molar-refractivity contribution in [3.8, 4) is 0 Å². The molecule has 7 heteroatoms. The highest BCUT2D eigenvalue weighted by molar-refractivity contribution is 7.90. The monoisotopic (exact) mass is 322 g/mol. The first-order chi connectivity index (χ1) is 10.4. The maximum atomic E-state index is 12.1. The second-order valence-corrected chi connectivity index (χ2v) is 8.09. The molecule has 1 heterocycles. The summed E-state index contributed by atoms with van der Waals surface area (Å²) >= 11 is 0. The van der Waals surface area contributed by atoms with Gasteiger partial charge in [0.25, 0.3) is 0 Å². The van der Waals surface area contributed by atoms with Crippen molar-refractivity contribution in [3.63, 3.8) is 0 Å². The van der Waals surface area contributed by atoms with Gasteiger partial charge in [-0.1, -0.05) is 0 Å². The lowest BCUT2D eigenvalue weighted by atomic mass is 10.0. The maximum Gasteiger partial charge on any atom is 0.230 e. The minimum absolute atomic E-state index is 0.0298. The Labute approximate surface area is 129 Å². The number of carbonyl (C=O) groups is 2. The first-order valence-corrected chi connectivity index (χ1v) is 8.79. The molecule has 1 aliphatic heterocycles. The largest absolute Gasteiger partial charge is 0.326 e. The van der Waals surface area contributed by atoms with Crippen LogP contribution in [-0.2, 0) is 14.8 Å². The van der Waals surface area contributed by atoms with Gasteiger partial charge in [-0.15, -0.1) is 0 Å². The van der Waals surface area contributed by atoms with Gasteiger partial charge in [-0.3, -0.25) is 9.59 Å². The number of hydrogen-bond donors (Lipinski definition) is 1. The van der Waals surface area contributed by atoms with Crippen LogP contribution in [0.2, 0.25) is 0 Å². The van der Waals surface area contributed by atoms with E-state index in [4.69, 9.17) is 0 Å². The van der Waals surface area contributed by atoms with Crippen molar-refractivity contribution in [3.05, 3.63) is 29.8 Å². The molecule has 0 unspecified atom stereocenters. The zero-order chi connectivity index (χ0) is 15.9. The van der Waals surface area contributed by atoms with E-state index in [9.17, 15) is 18.0 Å². The van der Waals surface area contributed by atoms with E-state index in [1.165, 1.54) is 11.2 Å². The average Bonchev–Trinajstić information content (AvgIpc) is 3.21. The normalized spacial score (nSPS) is 19.5. The van der Waals surface area contributed by atoms with Gasteiger partial charge < -0.3 is 5.32 Å². The summed E-state index contributed by atoms with van der Waals surface area (Å²) in [5.41, 5.74) is 1.20. The fourth-order valence-electron chi connectivity index (χ4n) is 2.42. The van der Waals surface area contributed by atoms with Crippen LogP contribution in [0.5, 0.6) is 0 Å². The van der Waals surface area contributed by atoms with E-state index in [0.717, 1.165) is 12.8 Å². The summed E-state index contributed by atoms with van der Waals surface area (Å²) < 4.78 is 25.3. The number of nitrogens with zero attached hydrogens (tertiary/aromatic N) is 1. The first-order valence-electron chi connectivity index (χ1n) is 7.29. The van der Waals surface area contributed by atoms with E-state index < -0.39 is 10.0 Å². The molecule has 1 aromatic carbocycles. The van der Waals surface area contributed by atoms with Crippen molar-refractivity contribution >= 4 is 27.4 Å². The lowest BCUT2D eigenvalue weighted by molar-refractivity contribution is -0.122. The molecule has 3 rings (SSSR count). The van der Waals surface area contributed by atoms with E-state index in [2.05, 4.69) is 5.32 Å². The van der Waals surface area contributed by atoms with Gasteiger partial charge in [0.05, 0.1) is 11.2 Å². The summed E-state index contributed by atoms with van der Waals surface area (Å²) in [6, 6.07) is 6.66. The van der Waals surface area contributed by atoms with Crippen LogP contribution in [0.3, 0.4) is 0 Å². The molecule has 0 bridgehead atoms. The Morgan fingerprint density at radius 1 is 1.14 bits per heavy atom. The molecule has 2 fully saturated rings. The molecule has 1 N–H and O–H groups in total. The molecule has 6 nitrogen and oxygen atoms in total. The predicted octanol–water partition coefficient (Wildman–Crippen LogP) is 1.25. The SMILES string of the molecule is CC(=O)c1ccc(NC(=O)C2CN(S(=O)(=O)C3CC3)C2)cc1. The summed E-state index contributed by atoms with van der Waals surface area (Å²) in [6.45, 7) is 2.00. The Kier molecular flexibility index (Phi) is 3.78. The molecule has 0 radical (unpaired) electrons. The molecule has 1 saturated heterocycles. The molecule has 1 amide bonds. The molecule has 0 spiro atoms. The second kappa shape index (κ2) is 5.48. The van der Waals surface area contributed by atoms with Gasteiger partial charge in [0.15, 0.2) is 5.78 Å². The number of sulfonamides is 1. The lowest BCUT2D eigenvalue weighted by Crippen LogP contribution is -2.55. The topological polar surface area (TPSA) is 83.6 Å². The molecule has 22 heavy (non-hydrogen) atoms. The Morgan fingerprint density at radius 3 is 2.23 bits per heavy atom. The highest BCUT2D eigenvalue weighted by Gasteiger charge is 2.46. The minimum Gasteiger partial charge on any atom is -0.326 e. The van der Waals surface area contributed by atoms with Gasteiger partial charge in [0.2, 0.25) is 15.9 Å². The highest BCUT2D eigenvalue weighted by Crippen LogP contribution is 2.34. The van der Waals surface area contributed by atoms with Crippen LogP contribution in [0, 0.1) is 5.92 Å². The summed E-state index contributed by atoms with van der Waals surface area (Å²) in [6.07, 6.45) is 1.47. The third-order valence-corrected chi connectivity index (χ3v) is 6.42. The molecule has 1 aliphatic carbocycles. The van der Waals surface area contributed by atoms with Crippen LogP contribution in [0.4, 0.5) is 5.69 Å². The summed E-state index contributed by atoms with van der Waals surface area (Å²) in [5, 5.41) is 2.53. The van der Waals surface area contributed by atoms with Crippen molar-refractivity contribution in [2.75, 3.05) is 18.4 Å². The number of rotatable bonds is 5. The van der Waals surface area contributed by atoms with Gasteiger partial charge in [-0.2, -0.15) is 4.31 Å². The standard InChI is InChI=1S/C15H18N2O4S/c1-10(18)11-2-4-13(5-3-11)16-15(19)12-8-17(9-12)22(20,21)14-6-7-14/h2-5,12,14H,6-9H2,1H3,(H,16,19). The number of Topliss-reactive ketones (excluding diaryl/α,β-unsaturated/α-hetero) is 1. The van der Waals surface area contributed by atoms with Gasteiger partial charge in [-0.05, 0) is 44.0 Å². The van der Waals surface area contributed by atoms with Crippen LogP contribution in [0.25, 0.3) is 0 Å². The molecule has 118 valence electrons. The highest BCUT2D eigenvalue weighted by atomic mass is 32.2. The number of amides is 1. The van der Waals surface area contributed by atoms with Crippen LogP contribution >= 0.6 is 0 Å². The number of nitrogens with one attached hydrogen (secondary N) is 1. The smallest absolute Gasteiger partial charge is 0.230 e. The average molecular weight is 322 g/mol. The minimum atomic E-state index is -3.17. The number of carbonyl (C=O) groups excluding carboxylic acids is 2. The number of hydrogen-bond acceptors (Lipinski definition) is 4. The Morgan fingerprint density at radius 2 is 1.73 bits per heavy atom. The van der Waals surface area contributed by atoms with Crippen LogP contribution in [-0.4, -0.2) is 42.8 Å². The van der Waals surface area contributed by atoms with Gasteiger partial charge >= 0.3 is 0 Å². The molecule has 2 aliphatic rings. The fraction of sp³-hybridized carbons (Fsp3) is 0.467. The number of anilines is 1. The molecule has 0 atom stereocenters. The zero-order valence-corrected chi connectivity index (χ0v) is 13.1. The van der Waals surface area contributed by atoms with Crippen molar-refractivity contribution in [1.82, 2.24) is 4.31 Å². The summed E-state index contributed by atoms with van der Waals surface area (Å²) in [7, 11) is -3.17. The zero-order valence-electron chi connectivity index (χ0n) is 12.3. The first kappa shape index (κ1) is 15.2. The molecular formula is C15H18N2O4S. The predicted molar refractivity (Wildman–Crippen MR) is 82.1 cm³/mol. The summed E-state index contributed by atoms with van der Waals surface area (Å²) in [5.74, 6) is -0.517. The third-order valence-electron chi connectivity index (χ3n) is 4.08. The lowest BCUT2D eigenvalue weighted by Gasteiger charge is -2.37. The number of benzene rings is 1. The van der Waals surface area contributed by atoms with E-state index in [1.54, 1.807) is 24.3 Å². The molecular weight excluding hydrogens is 304 g/mol. The third kappa shape index (κ3) is 2.91. The van der Waals surface area contributed by atoms with Crippen LogP contribution in [0.15, 0.2) is 24.3 Å². The van der Waals surface area contributed by atoms with Gasteiger partial charge in [-0.25, -0.2) is 8.42 Å². The molecule has 0 aromatic heterocycles. The van der Waals surface area contributed by atoms with Crippen LogP contribution < -0.4 is 5.32 Å². The number of ketones is 1. The van der Waals surface area contributed by atoms with E-state index >= 15 is 0 Å². The van der Waals surface area contributed by atoms with E-state index in [0.29, 0.717) is 11.3 Å². The fourth-order valence-corrected chi connectivity index (χ4v) is 4.35. The quantitative estimate of drug-likeness (QED) is 0.827. The van der Waals surface area contributed by atoms with Crippen molar-refractivity contribution in [1.29, 1.82) is 0 Å². The van der Waals surface area contributed by atoms with Gasteiger partial charge in [0.1, 0.15) is 0 Å². The Balaban J connectivity index is 1.54. The van der Waals surface area contributed by atoms with Gasteiger partial charge in [0, 0.05) is 24.3 Å². The van der Waals surface area contributed by atoms with Crippen LogP contribution in [0.1, 0.15) is 30.1 Å². The maximum absolute atomic E-state index is 12.1. The molecule has 1 aromatic rings.